The zero-order chi connectivity index (χ0) is 20.2. The van der Waals surface area contributed by atoms with Crippen molar-refractivity contribution in [1.82, 2.24) is 19.9 Å². The monoisotopic (exact) mass is 386 g/mol. The van der Waals surface area contributed by atoms with Gasteiger partial charge in [-0.25, -0.2) is 0 Å². The Bertz CT molecular complexity index is 1190. The second-order valence-corrected chi connectivity index (χ2v) is 6.87. The molecule has 142 valence electrons. The van der Waals surface area contributed by atoms with E-state index in [1.165, 1.54) is 0 Å². The van der Waals surface area contributed by atoms with Crippen LogP contribution in [0.15, 0.2) is 110 Å². The molecule has 0 aliphatic carbocycles. The van der Waals surface area contributed by atoms with Crippen molar-refractivity contribution >= 4 is 0 Å². The molecule has 0 aliphatic rings. The maximum absolute atomic E-state index is 4.48. The molecule has 0 N–H and O–H groups in total. The van der Waals surface area contributed by atoms with E-state index in [2.05, 4.69) is 56.3 Å². The zero-order valence-electron chi connectivity index (χ0n) is 16.2. The fraction of sp³-hybridized carbons (Fsp3) is 0. The third-order valence-electron chi connectivity index (χ3n) is 4.90. The van der Waals surface area contributed by atoms with E-state index in [0.717, 1.165) is 45.0 Å². The Hall–Kier alpha value is -4.18. The minimum atomic E-state index is 0.861. The van der Waals surface area contributed by atoms with E-state index < -0.39 is 0 Å². The number of hydrogen-bond donors (Lipinski definition) is 0. The molecule has 0 unspecified atom stereocenters. The summed E-state index contributed by atoms with van der Waals surface area (Å²) in [5, 5.41) is 0. The smallest absolute Gasteiger partial charge is 0.0892 e. The fourth-order valence-corrected chi connectivity index (χ4v) is 3.41. The van der Waals surface area contributed by atoms with Gasteiger partial charge in [-0.15, -0.1) is 0 Å². The quantitative estimate of drug-likeness (QED) is 0.384. The molecule has 5 aromatic rings. The average Bonchev–Trinajstić information content (AvgIpc) is 2.85. The van der Waals surface area contributed by atoms with E-state index in [-0.39, 0.29) is 0 Å². The van der Waals surface area contributed by atoms with Crippen LogP contribution in [0.25, 0.3) is 45.0 Å². The minimum Gasteiger partial charge on any atom is -0.255 e. The first-order valence-corrected chi connectivity index (χ1v) is 9.72. The summed E-state index contributed by atoms with van der Waals surface area (Å²) in [6, 6.07) is 28.4. The lowest BCUT2D eigenvalue weighted by Crippen LogP contribution is -1.89. The van der Waals surface area contributed by atoms with Crippen molar-refractivity contribution in [3.05, 3.63) is 110 Å². The summed E-state index contributed by atoms with van der Waals surface area (Å²) in [7, 11) is 0. The normalized spacial score (nSPS) is 10.7. The Morgan fingerprint density at radius 3 is 1.27 bits per heavy atom. The van der Waals surface area contributed by atoms with Gasteiger partial charge in [0.15, 0.2) is 0 Å². The van der Waals surface area contributed by atoms with Crippen LogP contribution in [0.2, 0.25) is 0 Å². The Morgan fingerprint density at radius 2 is 0.800 bits per heavy atom. The molecule has 0 radical (unpaired) electrons. The van der Waals surface area contributed by atoms with Crippen LogP contribution in [0.5, 0.6) is 0 Å². The molecule has 4 heterocycles. The summed E-state index contributed by atoms with van der Waals surface area (Å²) in [5.41, 5.74) is 7.92. The molecule has 5 rings (SSSR count). The molecule has 4 heteroatoms. The number of hydrogen-bond acceptors (Lipinski definition) is 4. The van der Waals surface area contributed by atoms with Crippen LogP contribution in [0.4, 0.5) is 0 Å². The Morgan fingerprint density at radius 1 is 0.333 bits per heavy atom. The highest BCUT2D eigenvalue weighted by atomic mass is 14.8. The summed E-state index contributed by atoms with van der Waals surface area (Å²) < 4.78 is 0. The van der Waals surface area contributed by atoms with Crippen molar-refractivity contribution in [3.63, 3.8) is 0 Å². The fourth-order valence-electron chi connectivity index (χ4n) is 3.41. The molecule has 0 saturated carbocycles. The van der Waals surface area contributed by atoms with Gasteiger partial charge in [0, 0.05) is 24.8 Å². The number of rotatable bonds is 4. The SMILES string of the molecule is c1ccc(-c2cc(-c3cccc(-c4ccnc(-c5ccccn5)c4)c3)ccn2)nc1. The van der Waals surface area contributed by atoms with E-state index >= 15 is 0 Å². The lowest BCUT2D eigenvalue weighted by molar-refractivity contribution is 1.25. The third kappa shape index (κ3) is 3.71. The molecular weight excluding hydrogens is 368 g/mol. The summed E-state index contributed by atoms with van der Waals surface area (Å²) in [6.07, 6.45) is 7.23. The highest BCUT2D eigenvalue weighted by molar-refractivity contribution is 5.76. The van der Waals surface area contributed by atoms with Crippen molar-refractivity contribution in [2.24, 2.45) is 0 Å². The van der Waals surface area contributed by atoms with Gasteiger partial charge in [-0.1, -0.05) is 30.3 Å². The number of nitrogens with zero attached hydrogens (tertiary/aromatic N) is 4. The summed E-state index contributed by atoms with van der Waals surface area (Å²) in [5.74, 6) is 0. The van der Waals surface area contributed by atoms with Crippen LogP contribution in [0.3, 0.4) is 0 Å². The van der Waals surface area contributed by atoms with E-state index in [1.807, 2.05) is 60.9 Å². The minimum absolute atomic E-state index is 0.861. The number of benzene rings is 1. The van der Waals surface area contributed by atoms with Crippen molar-refractivity contribution < 1.29 is 0 Å². The number of aromatic nitrogens is 4. The second kappa shape index (κ2) is 8.05. The maximum Gasteiger partial charge on any atom is 0.0892 e. The topological polar surface area (TPSA) is 51.6 Å². The summed E-state index contributed by atoms with van der Waals surface area (Å²) >= 11 is 0. The lowest BCUT2D eigenvalue weighted by atomic mass is 9.99. The first-order valence-electron chi connectivity index (χ1n) is 9.72. The van der Waals surface area contributed by atoms with Crippen molar-refractivity contribution in [2.75, 3.05) is 0 Å². The molecule has 0 spiro atoms. The highest BCUT2D eigenvalue weighted by Gasteiger charge is 2.07. The lowest BCUT2D eigenvalue weighted by Gasteiger charge is -2.08. The molecule has 0 bridgehead atoms. The van der Waals surface area contributed by atoms with Gasteiger partial charge in [0.05, 0.1) is 22.8 Å². The summed E-state index contributed by atoms with van der Waals surface area (Å²) in [6.45, 7) is 0. The Kier molecular flexibility index (Phi) is 4.80. The zero-order valence-corrected chi connectivity index (χ0v) is 16.2. The molecule has 0 fully saturated rings. The van der Waals surface area contributed by atoms with Crippen LogP contribution in [-0.4, -0.2) is 19.9 Å². The van der Waals surface area contributed by atoms with Gasteiger partial charge in [-0.2, -0.15) is 0 Å². The van der Waals surface area contributed by atoms with Gasteiger partial charge < -0.3 is 0 Å². The van der Waals surface area contributed by atoms with Crippen molar-refractivity contribution in [3.8, 4) is 45.0 Å². The van der Waals surface area contributed by atoms with Crippen LogP contribution in [0, 0.1) is 0 Å². The van der Waals surface area contributed by atoms with E-state index in [1.54, 1.807) is 12.4 Å². The summed E-state index contributed by atoms with van der Waals surface area (Å²) in [4.78, 5) is 17.8. The van der Waals surface area contributed by atoms with Crippen LogP contribution >= 0.6 is 0 Å². The molecule has 1 aromatic carbocycles. The molecule has 0 saturated heterocycles. The molecule has 0 amide bonds. The van der Waals surface area contributed by atoms with Gasteiger partial charge in [-0.05, 0) is 76.9 Å². The predicted octanol–water partition coefficient (Wildman–Crippen LogP) is 5.93. The first kappa shape index (κ1) is 17.9. The second-order valence-electron chi connectivity index (χ2n) is 6.87. The predicted molar refractivity (Wildman–Crippen MR) is 119 cm³/mol. The van der Waals surface area contributed by atoms with Crippen LogP contribution in [-0.2, 0) is 0 Å². The third-order valence-corrected chi connectivity index (χ3v) is 4.90. The van der Waals surface area contributed by atoms with Gasteiger partial charge >= 0.3 is 0 Å². The number of pyridine rings is 4. The van der Waals surface area contributed by atoms with E-state index in [9.17, 15) is 0 Å². The van der Waals surface area contributed by atoms with Gasteiger partial charge in [0.2, 0.25) is 0 Å². The van der Waals surface area contributed by atoms with Crippen LogP contribution in [0.1, 0.15) is 0 Å². The van der Waals surface area contributed by atoms with Gasteiger partial charge in [0.1, 0.15) is 0 Å². The van der Waals surface area contributed by atoms with Crippen molar-refractivity contribution in [1.29, 1.82) is 0 Å². The molecular formula is C26H18N4. The first-order chi connectivity index (χ1) is 14.9. The average molecular weight is 386 g/mol. The molecule has 30 heavy (non-hydrogen) atoms. The largest absolute Gasteiger partial charge is 0.255 e. The standard InChI is InChI=1S/C26H18N4/c1-3-12-27-23(8-1)25-17-21(10-14-29-25)19-6-5-7-20(16-19)22-11-15-30-26(18-22)24-9-2-4-13-28-24/h1-18H. The van der Waals surface area contributed by atoms with Gasteiger partial charge in [-0.3, -0.25) is 19.9 Å². The Labute approximate surface area is 175 Å². The van der Waals surface area contributed by atoms with E-state index in [4.69, 9.17) is 0 Å². The molecule has 0 atom stereocenters. The van der Waals surface area contributed by atoms with Crippen LogP contribution < -0.4 is 0 Å². The molecule has 0 aliphatic heterocycles. The van der Waals surface area contributed by atoms with E-state index in [0.29, 0.717) is 0 Å². The maximum atomic E-state index is 4.48. The molecule has 4 nitrogen and oxygen atoms in total. The van der Waals surface area contributed by atoms with Gasteiger partial charge in [0.25, 0.3) is 0 Å². The highest BCUT2D eigenvalue weighted by Crippen LogP contribution is 2.29. The van der Waals surface area contributed by atoms with Crippen molar-refractivity contribution in [2.45, 2.75) is 0 Å². The molecule has 4 aromatic heterocycles. The Balaban J connectivity index is 1.52.